The fourth-order valence-electron chi connectivity index (χ4n) is 1.15. The van der Waals surface area contributed by atoms with Crippen LogP contribution in [0.15, 0.2) is 0 Å². The van der Waals surface area contributed by atoms with Crippen LogP contribution >= 0.6 is 25.0 Å². The first kappa shape index (κ1) is 6.94. The fraction of sp³-hybridized carbons (Fsp3) is 1.00. The summed E-state index contributed by atoms with van der Waals surface area (Å²) in [5, 5.41) is 0.920. The molecule has 0 aromatic carbocycles. The van der Waals surface area contributed by atoms with Crippen molar-refractivity contribution >= 4 is 25.0 Å². The van der Waals surface area contributed by atoms with Gasteiger partial charge < -0.3 is 0 Å². The third-order valence-electron chi connectivity index (χ3n) is 1.68. The predicted molar refractivity (Wildman–Crippen MR) is 43.4 cm³/mol. The van der Waals surface area contributed by atoms with Gasteiger partial charge in [0.25, 0.3) is 0 Å². The van der Waals surface area contributed by atoms with Crippen molar-refractivity contribution in [1.29, 1.82) is 0 Å². The van der Waals surface area contributed by atoms with Crippen LogP contribution in [0.2, 0.25) is 0 Å². The van der Waals surface area contributed by atoms with Gasteiger partial charge in [0, 0.05) is 5.25 Å². The second kappa shape index (κ2) is 3.78. The average Bonchev–Trinajstić information content (AvgIpc) is 1.90. The molecule has 0 amide bonds. The lowest BCUT2D eigenvalue weighted by Gasteiger charge is -2.17. The van der Waals surface area contributed by atoms with Crippen molar-refractivity contribution in [1.82, 2.24) is 0 Å². The number of hydrogen-bond donors (Lipinski definition) is 0. The van der Waals surface area contributed by atoms with Gasteiger partial charge in [-0.3, -0.25) is 0 Å². The predicted octanol–water partition coefficient (Wildman–Crippen LogP) is 3.36. The Morgan fingerprint density at radius 3 is 2.12 bits per heavy atom. The molecule has 0 nitrogen and oxygen atoms in total. The van der Waals surface area contributed by atoms with E-state index >= 15 is 0 Å². The zero-order valence-electron chi connectivity index (χ0n) is 4.90. The monoisotopic (exact) mass is 194 g/mol. The van der Waals surface area contributed by atoms with Gasteiger partial charge >= 0.3 is 0 Å². The lowest BCUT2D eigenvalue weighted by Crippen LogP contribution is -2.05. The zero-order chi connectivity index (χ0) is 5.82. The first-order valence-electron chi connectivity index (χ1n) is 3.21. The summed E-state index contributed by atoms with van der Waals surface area (Å²) in [6.45, 7) is 0. The van der Waals surface area contributed by atoms with Crippen LogP contribution in [0.3, 0.4) is 0 Å². The van der Waals surface area contributed by atoms with Gasteiger partial charge in [-0.25, -0.2) is 0 Å². The Morgan fingerprint density at radius 1 is 1.12 bits per heavy atom. The third-order valence-corrected chi connectivity index (χ3v) is 3.99. The lowest BCUT2D eigenvalue weighted by atomic mass is 10.0. The topological polar surface area (TPSA) is 0 Å². The van der Waals surface area contributed by atoms with Crippen molar-refractivity contribution in [3.63, 3.8) is 0 Å². The molecule has 0 aromatic heterocycles. The van der Waals surface area contributed by atoms with Crippen molar-refractivity contribution in [3.05, 3.63) is 0 Å². The molecule has 1 saturated carbocycles. The van der Waals surface area contributed by atoms with Gasteiger partial charge in [-0.2, -0.15) is 0 Å². The molecule has 0 unspecified atom stereocenters. The Bertz CT molecular complexity index is 59.5. The van der Waals surface area contributed by atoms with E-state index in [0.717, 1.165) is 5.25 Å². The van der Waals surface area contributed by atoms with Gasteiger partial charge in [0.2, 0.25) is 0 Å². The lowest BCUT2D eigenvalue weighted by molar-refractivity contribution is 0.518. The smallest absolute Gasteiger partial charge is 0.0157 e. The molecular weight excluding hydrogens is 184 g/mol. The third kappa shape index (κ3) is 1.98. The van der Waals surface area contributed by atoms with Crippen molar-refractivity contribution in [2.24, 2.45) is 0 Å². The highest BCUT2D eigenvalue weighted by molar-refractivity contribution is 9.50. The highest BCUT2D eigenvalue weighted by atomic mass is 79.9. The maximum absolute atomic E-state index is 3.43. The molecule has 0 N–H and O–H groups in total. The minimum absolute atomic E-state index is 0.920. The van der Waals surface area contributed by atoms with Crippen LogP contribution in [-0.2, 0) is 0 Å². The van der Waals surface area contributed by atoms with Crippen LogP contribution in [0, 0.1) is 0 Å². The highest BCUT2D eigenvalue weighted by Crippen LogP contribution is 2.31. The van der Waals surface area contributed by atoms with E-state index in [1.54, 1.807) is 0 Å². The SMILES string of the molecule is BrSC1CCCCC1. The Hall–Kier alpha value is 0.830. The van der Waals surface area contributed by atoms with E-state index < -0.39 is 0 Å². The fourth-order valence-corrected chi connectivity index (χ4v) is 2.79. The first-order chi connectivity index (χ1) is 3.93. The normalized spacial score (nSPS) is 23.6. The summed E-state index contributed by atoms with van der Waals surface area (Å²) in [6, 6.07) is 0. The molecule has 2 heteroatoms. The van der Waals surface area contributed by atoms with E-state index in [4.69, 9.17) is 0 Å². The molecule has 1 rings (SSSR count). The molecule has 0 radical (unpaired) electrons. The van der Waals surface area contributed by atoms with Gasteiger partial charge in [-0.05, 0) is 27.7 Å². The van der Waals surface area contributed by atoms with Crippen LogP contribution in [-0.4, -0.2) is 5.25 Å². The summed E-state index contributed by atoms with van der Waals surface area (Å²) in [4.78, 5) is 0. The van der Waals surface area contributed by atoms with E-state index in [1.807, 2.05) is 10.2 Å². The molecule has 1 fully saturated rings. The highest BCUT2D eigenvalue weighted by Gasteiger charge is 2.11. The molecule has 0 aliphatic heterocycles. The number of halogens is 1. The molecule has 0 bridgehead atoms. The Morgan fingerprint density at radius 2 is 1.75 bits per heavy atom. The second-order valence-electron chi connectivity index (χ2n) is 2.35. The molecule has 1 aliphatic rings. The molecule has 0 atom stereocenters. The summed E-state index contributed by atoms with van der Waals surface area (Å²) >= 11 is 3.43. The van der Waals surface area contributed by atoms with Crippen molar-refractivity contribution in [3.8, 4) is 0 Å². The Kier molecular flexibility index (Phi) is 3.28. The van der Waals surface area contributed by atoms with E-state index in [1.165, 1.54) is 32.1 Å². The van der Waals surface area contributed by atoms with Gasteiger partial charge in [0.05, 0.1) is 0 Å². The maximum atomic E-state index is 3.43. The van der Waals surface area contributed by atoms with Crippen molar-refractivity contribution in [2.45, 2.75) is 37.4 Å². The van der Waals surface area contributed by atoms with Crippen molar-refractivity contribution < 1.29 is 0 Å². The van der Waals surface area contributed by atoms with Crippen LogP contribution in [0.4, 0.5) is 0 Å². The van der Waals surface area contributed by atoms with Gasteiger partial charge in [-0.15, -0.1) is 0 Å². The number of rotatable bonds is 1. The molecule has 8 heavy (non-hydrogen) atoms. The summed E-state index contributed by atoms with van der Waals surface area (Å²) in [5.74, 6) is 0. The molecule has 0 heterocycles. The Balaban J connectivity index is 2.13. The van der Waals surface area contributed by atoms with E-state index in [0.29, 0.717) is 0 Å². The van der Waals surface area contributed by atoms with Gasteiger partial charge in [-0.1, -0.05) is 29.5 Å². The summed E-state index contributed by atoms with van der Waals surface area (Å²) < 4.78 is 0. The minimum atomic E-state index is 0.920. The second-order valence-corrected chi connectivity index (χ2v) is 4.32. The standard InChI is InChI=1S/C6H11BrS/c7-8-6-4-2-1-3-5-6/h6H,1-5H2. The van der Waals surface area contributed by atoms with Crippen LogP contribution < -0.4 is 0 Å². The quantitative estimate of drug-likeness (QED) is 0.618. The first-order valence-corrected chi connectivity index (χ1v) is 5.93. The molecule has 48 valence electrons. The zero-order valence-corrected chi connectivity index (χ0v) is 7.30. The molecular formula is C6H11BrS. The largest absolute Gasteiger partial charge is 0.0801 e. The average molecular weight is 195 g/mol. The van der Waals surface area contributed by atoms with E-state index in [-0.39, 0.29) is 0 Å². The van der Waals surface area contributed by atoms with Crippen LogP contribution in [0.25, 0.3) is 0 Å². The van der Waals surface area contributed by atoms with Gasteiger partial charge in [0.1, 0.15) is 0 Å². The van der Waals surface area contributed by atoms with E-state index in [9.17, 15) is 0 Å². The Labute approximate surface area is 62.6 Å². The minimum Gasteiger partial charge on any atom is -0.0801 e. The number of hydrogen-bond acceptors (Lipinski definition) is 1. The van der Waals surface area contributed by atoms with Crippen LogP contribution in [0.5, 0.6) is 0 Å². The maximum Gasteiger partial charge on any atom is 0.0157 e. The van der Waals surface area contributed by atoms with Crippen LogP contribution in [0.1, 0.15) is 32.1 Å². The summed E-state index contributed by atoms with van der Waals surface area (Å²) in [6.07, 6.45) is 7.21. The van der Waals surface area contributed by atoms with E-state index in [2.05, 4.69) is 14.8 Å². The summed E-state index contributed by atoms with van der Waals surface area (Å²) in [7, 11) is 1.86. The molecule has 0 aromatic rings. The molecule has 0 spiro atoms. The summed E-state index contributed by atoms with van der Waals surface area (Å²) in [5.41, 5.74) is 0. The van der Waals surface area contributed by atoms with Gasteiger partial charge in [0.15, 0.2) is 0 Å². The molecule has 0 saturated heterocycles. The van der Waals surface area contributed by atoms with Crippen molar-refractivity contribution in [2.75, 3.05) is 0 Å². The molecule has 1 aliphatic carbocycles.